The van der Waals surface area contributed by atoms with Crippen LogP contribution in [0.1, 0.15) is 36.0 Å². The maximum atomic E-state index is 13.0. The Morgan fingerprint density at radius 1 is 1.12 bits per heavy atom. The normalized spacial score (nSPS) is 15.0. The Labute approximate surface area is 145 Å². The molecule has 2 aromatic rings. The molecule has 1 aromatic heterocycles. The van der Waals surface area contributed by atoms with Gasteiger partial charge in [-0.25, -0.2) is 0 Å². The summed E-state index contributed by atoms with van der Waals surface area (Å²) in [5.74, 6) is -1.01. The topological polar surface area (TPSA) is 46.5 Å². The number of ketones is 2. The molecule has 2 heterocycles. The Morgan fingerprint density at radius 3 is 2.64 bits per heavy atom. The van der Waals surface area contributed by atoms with Gasteiger partial charge < -0.3 is 0 Å². The van der Waals surface area contributed by atoms with E-state index in [4.69, 9.17) is 0 Å². The number of carbonyl (C=O) groups is 2. The van der Waals surface area contributed by atoms with Gasteiger partial charge in [0.15, 0.2) is 11.6 Å². The highest BCUT2D eigenvalue weighted by Gasteiger charge is 2.38. The monoisotopic (exact) mass is 365 g/mol. The molecule has 1 aliphatic heterocycles. The molecule has 0 fully saturated rings. The first-order valence-corrected chi connectivity index (χ1v) is 8.61. The summed E-state index contributed by atoms with van der Waals surface area (Å²) in [6.45, 7) is 0. The first-order chi connectivity index (χ1) is 11.9. The third kappa shape index (κ3) is 3.87. The minimum Gasteiger partial charge on any atom is -0.294 e. The highest BCUT2D eigenvalue weighted by atomic mass is 32.1. The zero-order chi connectivity index (χ0) is 18.0. The molecule has 0 amide bonds. The van der Waals surface area contributed by atoms with Crippen molar-refractivity contribution in [2.24, 2.45) is 4.99 Å². The number of alkyl halides is 3. The Bertz CT molecular complexity index is 893. The summed E-state index contributed by atoms with van der Waals surface area (Å²) < 4.78 is 40.0. The van der Waals surface area contributed by atoms with Crippen LogP contribution >= 0.6 is 11.3 Å². The van der Waals surface area contributed by atoms with Crippen LogP contribution in [0.15, 0.2) is 45.9 Å². The van der Waals surface area contributed by atoms with Gasteiger partial charge in [-0.05, 0) is 47.9 Å². The molecule has 7 heteroatoms. The number of aliphatic imine (C=N–C) groups is 1. The number of Topliss-reactive ketones (excluding diaryl/α,β-unsaturated/α-hetero) is 2. The van der Waals surface area contributed by atoms with Crippen molar-refractivity contribution in [2.75, 3.05) is 0 Å². The molecule has 1 aliphatic rings. The summed E-state index contributed by atoms with van der Waals surface area (Å²) in [6.07, 6.45) is -3.78. The number of thiophene rings is 1. The summed E-state index contributed by atoms with van der Waals surface area (Å²) in [5, 5.41) is 2.84. The molecule has 25 heavy (non-hydrogen) atoms. The molecule has 0 saturated heterocycles. The molecule has 0 radical (unpaired) electrons. The van der Waals surface area contributed by atoms with Crippen molar-refractivity contribution in [1.29, 1.82) is 0 Å². The van der Waals surface area contributed by atoms with Crippen molar-refractivity contribution in [3.8, 4) is 0 Å². The number of fused-ring (bicyclic) bond motifs is 1. The van der Waals surface area contributed by atoms with E-state index in [-0.39, 0.29) is 31.5 Å². The van der Waals surface area contributed by atoms with E-state index < -0.39 is 23.2 Å². The standard InChI is InChI=1S/C18H14F3NO2S/c19-18(20,21)13-2-1-8-22-17(13)15(24)5-4-14(23)11-3-6-16-12(10-11)7-9-25-16/h3,6-10H,1-2,4-5H2. The summed E-state index contributed by atoms with van der Waals surface area (Å²) >= 11 is 1.55. The number of nitrogens with zero attached hydrogens (tertiary/aromatic N) is 1. The highest BCUT2D eigenvalue weighted by Crippen LogP contribution is 2.34. The molecule has 130 valence electrons. The predicted molar refractivity (Wildman–Crippen MR) is 91.2 cm³/mol. The fourth-order valence-electron chi connectivity index (χ4n) is 2.71. The SMILES string of the molecule is O=C(CCC(=O)c1ccc2sccc2c1)C1=C(C(F)(F)F)CCC=N1. The number of benzene rings is 1. The second kappa shape index (κ2) is 6.92. The zero-order valence-corrected chi connectivity index (χ0v) is 13.9. The lowest BCUT2D eigenvalue weighted by atomic mass is 9.98. The van der Waals surface area contributed by atoms with Gasteiger partial charge in [0.25, 0.3) is 0 Å². The Morgan fingerprint density at radius 2 is 1.88 bits per heavy atom. The minimum absolute atomic E-state index is 0.140. The summed E-state index contributed by atoms with van der Waals surface area (Å²) in [4.78, 5) is 28.0. The molecule has 0 aliphatic carbocycles. The maximum absolute atomic E-state index is 13.0. The fraction of sp³-hybridized carbons (Fsp3) is 0.278. The molecule has 1 aromatic carbocycles. The van der Waals surface area contributed by atoms with E-state index in [2.05, 4.69) is 4.99 Å². The van der Waals surface area contributed by atoms with Crippen LogP contribution in [0.3, 0.4) is 0 Å². The van der Waals surface area contributed by atoms with E-state index >= 15 is 0 Å². The minimum atomic E-state index is -4.57. The molecule has 0 spiro atoms. The van der Waals surface area contributed by atoms with E-state index in [0.29, 0.717) is 5.56 Å². The van der Waals surface area contributed by atoms with E-state index in [9.17, 15) is 22.8 Å². The van der Waals surface area contributed by atoms with E-state index in [1.54, 1.807) is 23.5 Å². The van der Waals surface area contributed by atoms with Gasteiger partial charge in [0, 0.05) is 29.3 Å². The van der Waals surface area contributed by atoms with Crippen LogP contribution in [0.25, 0.3) is 10.1 Å². The van der Waals surface area contributed by atoms with Gasteiger partial charge in [0.1, 0.15) is 5.70 Å². The van der Waals surface area contributed by atoms with Crippen molar-refractivity contribution in [3.63, 3.8) is 0 Å². The molecule has 0 N–H and O–H groups in total. The number of hydrogen-bond donors (Lipinski definition) is 0. The van der Waals surface area contributed by atoms with Crippen LogP contribution in [0.5, 0.6) is 0 Å². The average molecular weight is 365 g/mol. The van der Waals surface area contributed by atoms with Gasteiger partial charge >= 0.3 is 6.18 Å². The number of hydrogen-bond acceptors (Lipinski definition) is 4. The van der Waals surface area contributed by atoms with E-state index in [0.717, 1.165) is 10.1 Å². The average Bonchev–Trinajstić information content (AvgIpc) is 3.06. The van der Waals surface area contributed by atoms with Crippen LogP contribution in [0.2, 0.25) is 0 Å². The largest absolute Gasteiger partial charge is 0.414 e. The van der Waals surface area contributed by atoms with Crippen molar-refractivity contribution in [1.82, 2.24) is 0 Å². The number of rotatable bonds is 5. The molecule has 3 nitrogen and oxygen atoms in total. The van der Waals surface area contributed by atoms with Crippen molar-refractivity contribution >= 4 is 39.2 Å². The molecular weight excluding hydrogens is 351 g/mol. The number of carbonyl (C=O) groups excluding carboxylic acids is 2. The first kappa shape index (κ1) is 17.5. The molecule has 0 unspecified atom stereocenters. The Hall–Kier alpha value is -2.28. The summed E-state index contributed by atoms with van der Waals surface area (Å²) in [5.41, 5.74) is -0.997. The smallest absolute Gasteiger partial charge is 0.294 e. The van der Waals surface area contributed by atoms with Gasteiger partial charge in [0.2, 0.25) is 0 Å². The molecule has 0 bridgehead atoms. The molecule has 3 rings (SSSR count). The third-order valence-corrected chi connectivity index (χ3v) is 4.89. The van der Waals surface area contributed by atoms with Gasteiger partial charge in [-0.1, -0.05) is 0 Å². The number of halogens is 3. The van der Waals surface area contributed by atoms with Crippen molar-refractivity contribution in [2.45, 2.75) is 31.9 Å². The van der Waals surface area contributed by atoms with Crippen LogP contribution in [-0.4, -0.2) is 24.0 Å². The summed E-state index contributed by atoms with van der Waals surface area (Å²) in [6, 6.07) is 7.12. The second-order valence-corrected chi connectivity index (χ2v) is 6.64. The quantitative estimate of drug-likeness (QED) is 0.691. The Balaban J connectivity index is 1.71. The molecule has 0 saturated carbocycles. The zero-order valence-electron chi connectivity index (χ0n) is 13.1. The van der Waals surface area contributed by atoms with Gasteiger partial charge in [0.05, 0.1) is 5.57 Å². The van der Waals surface area contributed by atoms with Gasteiger partial charge in [-0.2, -0.15) is 13.2 Å². The first-order valence-electron chi connectivity index (χ1n) is 7.73. The van der Waals surface area contributed by atoms with Crippen LogP contribution in [0.4, 0.5) is 13.2 Å². The fourth-order valence-corrected chi connectivity index (χ4v) is 3.48. The third-order valence-electron chi connectivity index (χ3n) is 3.99. The lowest BCUT2D eigenvalue weighted by Gasteiger charge is -2.16. The van der Waals surface area contributed by atoms with E-state index in [1.165, 1.54) is 6.21 Å². The Kier molecular flexibility index (Phi) is 4.85. The highest BCUT2D eigenvalue weighted by molar-refractivity contribution is 7.17. The number of allylic oxidation sites excluding steroid dienone is 2. The van der Waals surface area contributed by atoms with Crippen LogP contribution in [0, 0.1) is 0 Å². The van der Waals surface area contributed by atoms with E-state index in [1.807, 2.05) is 17.5 Å². The second-order valence-electron chi connectivity index (χ2n) is 5.69. The van der Waals surface area contributed by atoms with Crippen LogP contribution < -0.4 is 0 Å². The lowest BCUT2D eigenvalue weighted by Crippen LogP contribution is -2.20. The predicted octanol–water partition coefficient (Wildman–Crippen LogP) is 5.11. The molecular formula is C18H14F3NO2S. The maximum Gasteiger partial charge on any atom is 0.414 e. The lowest BCUT2D eigenvalue weighted by molar-refractivity contribution is -0.118. The summed E-state index contributed by atoms with van der Waals surface area (Å²) in [7, 11) is 0. The van der Waals surface area contributed by atoms with Gasteiger partial charge in [-0.15, -0.1) is 11.3 Å². The van der Waals surface area contributed by atoms with Gasteiger partial charge in [-0.3, -0.25) is 14.6 Å². The van der Waals surface area contributed by atoms with Crippen molar-refractivity contribution in [3.05, 3.63) is 46.5 Å². The molecule has 0 atom stereocenters. The van der Waals surface area contributed by atoms with Crippen molar-refractivity contribution < 1.29 is 22.8 Å². The van der Waals surface area contributed by atoms with Crippen LogP contribution in [-0.2, 0) is 4.79 Å².